The molecule has 1 aliphatic rings. The van der Waals surface area contributed by atoms with Crippen LogP contribution in [0.3, 0.4) is 0 Å². The van der Waals surface area contributed by atoms with Crippen molar-refractivity contribution in [1.82, 2.24) is 15.1 Å². The van der Waals surface area contributed by atoms with E-state index in [4.69, 9.17) is 4.74 Å². The fraction of sp³-hybridized carbons (Fsp3) is 0.786. The Hall–Kier alpha value is -1.03. The van der Waals surface area contributed by atoms with Crippen LogP contribution in [0.1, 0.15) is 39.5 Å². The normalized spacial score (nSPS) is 24.1. The second-order valence-corrected chi connectivity index (χ2v) is 5.20. The van der Waals surface area contributed by atoms with Gasteiger partial charge in [0, 0.05) is 19.1 Å². The molecule has 1 fully saturated rings. The lowest BCUT2D eigenvalue weighted by molar-refractivity contribution is 0.251. The zero-order chi connectivity index (χ0) is 12.8. The van der Waals surface area contributed by atoms with Gasteiger partial charge < -0.3 is 10.1 Å². The molecule has 1 aliphatic carbocycles. The van der Waals surface area contributed by atoms with Crippen molar-refractivity contribution < 1.29 is 4.74 Å². The van der Waals surface area contributed by atoms with Crippen molar-refractivity contribution in [3.8, 4) is 5.75 Å². The maximum Gasteiger partial charge on any atom is 0.157 e. The molecule has 1 N–H and O–H groups in total. The fourth-order valence-electron chi connectivity index (χ4n) is 2.62. The Morgan fingerprint density at radius 3 is 3.00 bits per heavy atom. The van der Waals surface area contributed by atoms with Crippen LogP contribution >= 0.6 is 0 Å². The van der Waals surface area contributed by atoms with Crippen LogP contribution in [0.5, 0.6) is 5.75 Å². The standard InChI is InChI=1S/C14H25N3O/c1-3-17-11-13(10-16-17)18-9-8-15-14-7-5-4-6-12(14)2/h10-12,14-15H,3-9H2,1-2H3. The minimum atomic E-state index is 0.681. The second-order valence-electron chi connectivity index (χ2n) is 5.20. The SMILES string of the molecule is CCn1cc(OCCNC2CCCCC2C)cn1. The molecule has 4 heteroatoms. The highest BCUT2D eigenvalue weighted by atomic mass is 16.5. The molecule has 18 heavy (non-hydrogen) atoms. The summed E-state index contributed by atoms with van der Waals surface area (Å²) >= 11 is 0. The summed E-state index contributed by atoms with van der Waals surface area (Å²) in [5.41, 5.74) is 0. The van der Waals surface area contributed by atoms with E-state index in [0.717, 1.165) is 31.4 Å². The third-order valence-electron chi connectivity index (χ3n) is 3.82. The summed E-state index contributed by atoms with van der Waals surface area (Å²) < 4.78 is 7.55. The smallest absolute Gasteiger partial charge is 0.157 e. The molecule has 1 aromatic rings. The fourth-order valence-corrected chi connectivity index (χ4v) is 2.62. The number of ether oxygens (including phenoxy) is 1. The van der Waals surface area contributed by atoms with Crippen LogP contribution in [-0.2, 0) is 6.54 Å². The quantitative estimate of drug-likeness (QED) is 0.789. The van der Waals surface area contributed by atoms with Gasteiger partial charge in [-0.3, -0.25) is 4.68 Å². The van der Waals surface area contributed by atoms with Gasteiger partial charge in [-0.05, 0) is 25.7 Å². The maximum absolute atomic E-state index is 5.67. The van der Waals surface area contributed by atoms with Crippen molar-refractivity contribution in [1.29, 1.82) is 0 Å². The zero-order valence-corrected chi connectivity index (χ0v) is 11.6. The molecule has 0 radical (unpaired) electrons. The monoisotopic (exact) mass is 251 g/mol. The number of aromatic nitrogens is 2. The molecule has 0 amide bonds. The lowest BCUT2D eigenvalue weighted by Gasteiger charge is -2.29. The van der Waals surface area contributed by atoms with Crippen LogP contribution in [0.15, 0.2) is 12.4 Å². The molecule has 0 bridgehead atoms. The highest BCUT2D eigenvalue weighted by Gasteiger charge is 2.20. The molecule has 1 aromatic heterocycles. The first-order valence-electron chi connectivity index (χ1n) is 7.18. The third kappa shape index (κ3) is 3.73. The minimum Gasteiger partial charge on any atom is -0.489 e. The summed E-state index contributed by atoms with van der Waals surface area (Å²) in [7, 11) is 0. The van der Waals surface area contributed by atoms with E-state index in [9.17, 15) is 0 Å². The first kappa shape index (κ1) is 13.4. The van der Waals surface area contributed by atoms with E-state index < -0.39 is 0 Å². The van der Waals surface area contributed by atoms with E-state index in [1.807, 2.05) is 10.9 Å². The summed E-state index contributed by atoms with van der Waals surface area (Å²) in [6, 6.07) is 0.681. The molecule has 0 saturated heterocycles. The summed E-state index contributed by atoms with van der Waals surface area (Å²) in [6.45, 7) is 6.96. The van der Waals surface area contributed by atoms with Gasteiger partial charge in [-0.25, -0.2) is 0 Å². The van der Waals surface area contributed by atoms with Crippen LogP contribution in [-0.4, -0.2) is 29.0 Å². The van der Waals surface area contributed by atoms with Crippen molar-refractivity contribution in [3.05, 3.63) is 12.4 Å². The second kappa shape index (κ2) is 6.78. The highest BCUT2D eigenvalue weighted by molar-refractivity contribution is 5.11. The van der Waals surface area contributed by atoms with Crippen LogP contribution in [0, 0.1) is 5.92 Å². The molecule has 2 unspecified atom stereocenters. The summed E-state index contributed by atoms with van der Waals surface area (Å²) in [5.74, 6) is 1.68. The number of hydrogen-bond donors (Lipinski definition) is 1. The number of hydrogen-bond acceptors (Lipinski definition) is 3. The van der Waals surface area contributed by atoms with Crippen LogP contribution in [0.25, 0.3) is 0 Å². The topological polar surface area (TPSA) is 39.1 Å². The number of nitrogens with one attached hydrogen (secondary N) is 1. The van der Waals surface area contributed by atoms with Gasteiger partial charge in [0.25, 0.3) is 0 Å². The van der Waals surface area contributed by atoms with Crippen LogP contribution < -0.4 is 10.1 Å². The average Bonchev–Trinajstić information content (AvgIpc) is 2.84. The van der Waals surface area contributed by atoms with Gasteiger partial charge >= 0.3 is 0 Å². The molecule has 102 valence electrons. The van der Waals surface area contributed by atoms with Crippen molar-refractivity contribution in [2.75, 3.05) is 13.2 Å². The van der Waals surface area contributed by atoms with E-state index in [0.29, 0.717) is 6.04 Å². The Morgan fingerprint density at radius 1 is 1.44 bits per heavy atom. The third-order valence-corrected chi connectivity index (χ3v) is 3.82. The Bertz CT molecular complexity index is 351. The number of aryl methyl sites for hydroxylation is 1. The highest BCUT2D eigenvalue weighted by Crippen LogP contribution is 2.23. The average molecular weight is 251 g/mol. The summed E-state index contributed by atoms with van der Waals surface area (Å²) in [6.07, 6.45) is 9.17. The first-order valence-corrected chi connectivity index (χ1v) is 7.18. The largest absolute Gasteiger partial charge is 0.489 e. The lowest BCUT2D eigenvalue weighted by Crippen LogP contribution is -2.39. The van der Waals surface area contributed by atoms with E-state index in [-0.39, 0.29) is 0 Å². The maximum atomic E-state index is 5.67. The molecule has 0 spiro atoms. The molecule has 1 saturated carbocycles. The van der Waals surface area contributed by atoms with Gasteiger partial charge in [-0.15, -0.1) is 0 Å². The molecule has 4 nitrogen and oxygen atoms in total. The molecule has 1 heterocycles. The Balaban J connectivity index is 1.63. The van der Waals surface area contributed by atoms with Gasteiger partial charge in [0.05, 0.1) is 12.4 Å². The molecule has 0 aliphatic heterocycles. The van der Waals surface area contributed by atoms with Gasteiger partial charge in [0.15, 0.2) is 5.75 Å². The van der Waals surface area contributed by atoms with Crippen molar-refractivity contribution >= 4 is 0 Å². The molecular weight excluding hydrogens is 226 g/mol. The molecular formula is C14H25N3O. The van der Waals surface area contributed by atoms with Crippen molar-refractivity contribution in [3.63, 3.8) is 0 Å². The Morgan fingerprint density at radius 2 is 2.28 bits per heavy atom. The van der Waals surface area contributed by atoms with Crippen molar-refractivity contribution in [2.45, 2.75) is 52.1 Å². The Kier molecular flexibility index (Phi) is 5.05. The number of nitrogens with zero attached hydrogens (tertiary/aromatic N) is 2. The summed E-state index contributed by atoms with van der Waals surface area (Å²) in [5, 5.41) is 7.80. The van der Waals surface area contributed by atoms with Gasteiger partial charge in [0.2, 0.25) is 0 Å². The predicted octanol–water partition coefficient (Wildman–Crippen LogP) is 2.45. The molecule has 2 atom stereocenters. The lowest BCUT2D eigenvalue weighted by atomic mass is 9.86. The van der Waals surface area contributed by atoms with Gasteiger partial charge in [-0.2, -0.15) is 5.10 Å². The Labute approximate surface area is 110 Å². The zero-order valence-electron chi connectivity index (χ0n) is 11.6. The minimum absolute atomic E-state index is 0.681. The van der Waals surface area contributed by atoms with Gasteiger partial charge in [0.1, 0.15) is 6.61 Å². The first-order chi connectivity index (χ1) is 8.79. The van der Waals surface area contributed by atoms with Crippen LogP contribution in [0.2, 0.25) is 0 Å². The molecule has 2 rings (SSSR count). The number of rotatable bonds is 6. The van der Waals surface area contributed by atoms with E-state index in [1.54, 1.807) is 6.20 Å². The van der Waals surface area contributed by atoms with E-state index in [2.05, 4.69) is 24.3 Å². The predicted molar refractivity (Wildman–Crippen MR) is 72.8 cm³/mol. The summed E-state index contributed by atoms with van der Waals surface area (Å²) in [4.78, 5) is 0. The van der Waals surface area contributed by atoms with Gasteiger partial charge in [-0.1, -0.05) is 19.8 Å². The van der Waals surface area contributed by atoms with Crippen molar-refractivity contribution in [2.24, 2.45) is 5.92 Å². The van der Waals surface area contributed by atoms with E-state index in [1.165, 1.54) is 25.7 Å². The molecule has 0 aromatic carbocycles. The van der Waals surface area contributed by atoms with Crippen LogP contribution in [0.4, 0.5) is 0 Å². The van der Waals surface area contributed by atoms with E-state index >= 15 is 0 Å².